The highest BCUT2D eigenvalue weighted by molar-refractivity contribution is 5.00. The maximum Gasteiger partial charge on any atom is 0.0637 e. The van der Waals surface area contributed by atoms with Crippen LogP contribution in [0.2, 0.25) is 0 Å². The van der Waals surface area contributed by atoms with Crippen molar-refractivity contribution in [2.24, 2.45) is 40.4 Å². The molecule has 3 unspecified atom stereocenters. The summed E-state index contributed by atoms with van der Waals surface area (Å²) >= 11 is 0. The Hall–Kier alpha value is -0.0400. The zero-order valence-corrected chi connectivity index (χ0v) is 16.1. The maximum absolute atomic E-state index is 6.38. The molecule has 0 aromatic heterocycles. The first-order valence-electron chi connectivity index (χ1n) is 10.3. The standard InChI is InChI=1S/C22H38O/c1-21(2,3)12-17-9-19-10-18(20(17)23-19)13-22(4,5)11-14-6-15-8-16(15)7-14/h14-20H,6-13H2,1-5H3/t14?,15?,16?,17-,18?,19+,20-/m1/s1. The first-order valence-corrected chi connectivity index (χ1v) is 10.3. The molecule has 2 heterocycles. The normalized spacial score (nSPS) is 45.5. The van der Waals surface area contributed by atoms with Crippen LogP contribution in [0.25, 0.3) is 0 Å². The van der Waals surface area contributed by atoms with Crippen molar-refractivity contribution < 1.29 is 4.74 Å². The Bertz CT molecular complexity index is 435. The Morgan fingerprint density at radius 2 is 1.35 bits per heavy atom. The molecule has 0 aromatic rings. The average Bonchev–Trinajstić information content (AvgIpc) is 2.73. The van der Waals surface area contributed by atoms with Gasteiger partial charge in [0.2, 0.25) is 0 Å². The van der Waals surface area contributed by atoms with E-state index in [0.29, 0.717) is 23.0 Å². The molecule has 1 heteroatoms. The van der Waals surface area contributed by atoms with Gasteiger partial charge in [-0.25, -0.2) is 0 Å². The van der Waals surface area contributed by atoms with Crippen molar-refractivity contribution in [3.05, 3.63) is 0 Å². The Morgan fingerprint density at radius 1 is 0.739 bits per heavy atom. The summed E-state index contributed by atoms with van der Waals surface area (Å²) < 4.78 is 6.38. The van der Waals surface area contributed by atoms with E-state index in [0.717, 1.165) is 29.6 Å². The molecular formula is C22H38O. The van der Waals surface area contributed by atoms with Gasteiger partial charge in [-0.2, -0.15) is 0 Å². The predicted molar refractivity (Wildman–Crippen MR) is 96.3 cm³/mol. The lowest BCUT2D eigenvalue weighted by Crippen LogP contribution is -2.32. The van der Waals surface area contributed by atoms with Crippen LogP contribution in [0.1, 0.15) is 86.0 Å². The Balaban J connectivity index is 1.33. The van der Waals surface area contributed by atoms with Crippen molar-refractivity contribution in [3.8, 4) is 0 Å². The second-order valence-corrected chi connectivity index (χ2v) is 11.6. The molecule has 2 aliphatic carbocycles. The fourth-order valence-corrected chi connectivity index (χ4v) is 6.75. The van der Waals surface area contributed by atoms with E-state index in [1.54, 1.807) is 19.3 Å². The van der Waals surface area contributed by atoms with Crippen molar-refractivity contribution in [2.75, 3.05) is 0 Å². The highest BCUT2D eigenvalue weighted by Gasteiger charge is 2.50. The SMILES string of the molecule is CC(C)(C)C[C@H]1C[C@H]2CC(CC(C)(C)CC3CC4CC4C3)[C@@H]1O2. The molecular weight excluding hydrogens is 280 g/mol. The van der Waals surface area contributed by atoms with Crippen LogP contribution in [-0.4, -0.2) is 12.2 Å². The smallest absolute Gasteiger partial charge is 0.0637 e. The highest BCUT2D eigenvalue weighted by atomic mass is 16.5. The van der Waals surface area contributed by atoms with Crippen molar-refractivity contribution in [1.82, 2.24) is 0 Å². The Morgan fingerprint density at radius 3 is 1.91 bits per heavy atom. The van der Waals surface area contributed by atoms with Gasteiger partial charge in [0.1, 0.15) is 0 Å². The summed E-state index contributed by atoms with van der Waals surface area (Å²) in [5.41, 5.74) is 0.968. The molecule has 0 amide bonds. The van der Waals surface area contributed by atoms with Crippen LogP contribution in [0.15, 0.2) is 0 Å². The highest BCUT2D eigenvalue weighted by Crippen LogP contribution is 2.57. The van der Waals surface area contributed by atoms with Gasteiger partial charge in [0.25, 0.3) is 0 Å². The first kappa shape index (κ1) is 16.4. The van der Waals surface area contributed by atoms with E-state index in [1.807, 2.05) is 0 Å². The summed E-state index contributed by atoms with van der Waals surface area (Å²) in [6.07, 6.45) is 12.7. The second-order valence-electron chi connectivity index (χ2n) is 11.6. The third-order valence-corrected chi connectivity index (χ3v) is 7.28. The predicted octanol–water partition coefficient (Wildman–Crippen LogP) is 6.07. The number of ether oxygens (including phenoxy) is 1. The largest absolute Gasteiger partial charge is 0.374 e. The fourth-order valence-electron chi connectivity index (χ4n) is 6.75. The minimum absolute atomic E-state index is 0.448. The maximum atomic E-state index is 6.38. The number of rotatable bonds is 5. The quantitative estimate of drug-likeness (QED) is 0.598. The summed E-state index contributed by atoms with van der Waals surface area (Å²) in [6.45, 7) is 12.3. The van der Waals surface area contributed by atoms with Gasteiger partial charge in [-0.1, -0.05) is 34.6 Å². The van der Waals surface area contributed by atoms with Crippen molar-refractivity contribution in [1.29, 1.82) is 0 Å². The third kappa shape index (κ3) is 3.65. The van der Waals surface area contributed by atoms with Gasteiger partial charge >= 0.3 is 0 Å². The van der Waals surface area contributed by atoms with Gasteiger partial charge in [-0.15, -0.1) is 0 Å². The van der Waals surface area contributed by atoms with Crippen molar-refractivity contribution in [2.45, 2.75) is 98.2 Å². The molecule has 0 N–H and O–H groups in total. The Kier molecular flexibility index (Phi) is 3.91. The lowest BCUT2D eigenvalue weighted by Gasteiger charge is -2.36. The van der Waals surface area contributed by atoms with Gasteiger partial charge in [-0.3, -0.25) is 0 Å². The van der Waals surface area contributed by atoms with Crippen molar-refractivity contribution in [3.63, 3.8) is 0 Å². The van der Waals surface area contributed by atoms with E-state index in [2.05, 4.69) is 34.6 Å². The zero-order chi connectivity index (χ0) is 16.4. The van der Waals surface area contributed by atoms with Crippen LogP contribution in [0.3, 0.4) is 0 Å². The van der Waals surface area contributed by atoms with Crippen LogP contribution in [0.5, 0.6) is 0 Å². The van der Waals surface area contributed by atoms with Gasteiger partial charge < -0.3 is 4.74 Å². The van der Waals surface area contributed by atoms with Gasteiger partial charge in [0.15, 0.2) is 0 Å². The lowest BCUT2D eigenvalue weighted by atomic mass is 9.68. The molecule has 0 spiro atoms. The molecule has 2 aliphatic heterocycles. The number of fused-ring (bicyclic) bond motifs is 3. The summed E-state index contributed by atoms with van der Waals surface area (Å²) in [6, 6.07) is 0. The molecule has 4 rings (SSSR count). The number of hydrogen-bond acceptors (Lipinski definition) is 1. The summed E-state index contributed by atoms with van der Waals surface area (Å²) in [5.74, 6) is 4.98. The molecule has 1 nitrogen and oxygen atoms in total. The van der Waals surface area contributed by atoms with Crippen molar-refractivity contribution >= 4 is 0 Å². The molecule has 2 saturated carbocycles. The Labute approximate surface area is 143 Å². The molecule has 0 radical (unpaired) electrons. The molecule has 6 atom stereocenters. The van der Waals surface area contributed by atoms with Gasteiger partial charge in [0.05, 0.1) is 12.2 Å². The molecule has 4 fully saturated rings. The van der Waals surface area contributed by atoms with E-state index in [1.165, 1.54) is 32.1 Å². The van der Waals surface area contributed by atoms with Crippen LogP contribution in [0, 0.1) is 40.4 Å². The molecule has 0 aromatic carbocycles. The van der Waals surface area contributed by atoms with E-state index in [-0.39, 0.29) is 0 Å². The summed E-state index contributed by atoms with van der Waals surface area (Å²) in [4.78, 5) is 0. The molecule has 132 valence electrons. The number of hydrogen-bond donors (Lipinski definition) is 0. The monoisotopic (exact) mass is 318 g/mol. The zero-order valence-electron chi connectivity index (χ0n) is 16.1. The van der Waals surface area contributed by atoms with Crippen LogP contribution in [-0.2, 0) is 4.74 Å². The van der Waals surface area contributed by atoms with Crippen LogP contribution >= 0.6 is 0 Å². The summed E-state index contributed by atoms with van der Waals surface area (Å²) in [5, 5.41) is 0. The molecule has 23 heavy (non-hydrogen) atoms. The van der Waals surface area contributed by atoms with Crippen LogP contribution < -0.4 is 0 Å². The van der Waals surface area contributed by atoms with E-state index in [9.17, 15) is 0 Å². The van der Waals surface area contributed by atoms with E-state index in [4.69, 9.17) is 4.74 Å². The fraction of sp³-hybridized carbons (Fsp3) is 1.00. The third-order valence-electron chi connectivity index (χ3n) is 7.28. The topological polar surface area (TPSA) is 9.23 Å². The molecule has 2 bridgehead atoms. The molecule has 4 aliphatic rings. The van der Waals surface area contributed by atoms with Gasteiger partial charge in [-0.05, 0) is 91.8 Å². The molecule has 2 saturated heterocycles. The second kappa shape index (κ2) is 5.48. The van der Waals surface area contributed by atoms with E-state index < -0.39 is 0 Å². The van der Waals surface area contributed by atoms with Gasteiger partial charge in [0, 0.05) is 0 Å². The average molecular weight is 319 g/mol. The first-order chi connectivity index (χ1) is 10.7. The minimum atomic E-state index is 0.448. The van der Waals surface area contributed by atoms with Crippen LogP contribution in [0.4, 0.5) is 0 Å². The lowest BCUT2D eigenvalue weighted by molar-refractivity contribution is 0.0526. The summed E-state index contributed by atoms with van der Waals surface area (Å²) in [7, 11) is 0. The minimum Gasteiger partial charge on any atom is -0.374 e. The van der Waals surface area contributed by atoms with E-state index >= 15 is 0 Å².